The molecule has 2 rings (SSSR count). The fraction of sp³-hybridized carbons (Fsp3) is 0.312. The molecule has 0 aliphatic rings. The van der Waals surface area contributed by atoms with E-state index in [1.807, 2.05) is 18.3 Å². The fourth-order valence-corrected chi connectivity index (χ4v) is 2.05. The molecule has 0 saturated heterocycles. The smallest absolute Gasteiger partial charge is 0.0447 e. The van der Waals surface area contributed by atoms with Gasteiger partial charge in [0.25, 0.3) is 0 Å². The Balaban J connectivity index is 2.22. The zero-order valence-corrected chi connectivity index (χ0v) is 11.1. The van der Waals surface area contributed by atoms with Crippen LogP contribution in [-0.2, 0) is 13.0 Å². The maximum absolute atomic E-state index is 4.40. The molecule has 0 spiro atoms. The van der Waals surface area contributed by atoms with Crippen molar-refractivity contribution in [2.45, 2.75) is 26.8 Å². The highest BCUT2D eigenvalue weighted by Gasteiger charge is 2.04. The van der Waals surface area contributed by atoms with Crippen molar-refractivity contribution in [3.8, 4) is 0 Å². The largest absolute Gasteiger partial charge is 0.313 e. The van der Waals surface area contributed by atoms with Gasteiger partial charge in [-0.25, -0.2) is 0 Å². The molecule has 0 atom stereocenters. The second-order valence-electron chi connectivity index (χ2n) is 4.55. The lowest BCUT2D eigenvalue weighted by atomic mass is 10.00. The summed E-state index contributed by atoms with van der Waals surface area (Å²) in [5.41, 5.74) is 5.17. The third-order valence-corrected chi connectivity index (χ3v) is 3.02. The van der Waals surface area contributed by atoms with Gasteiger partial charge in [0.05, 0.1) is 0 Å². The van der Waals surface area contributed by atoms with Crippen molar-refractivity contribution in [3.05, 3.63) is 65.0 Å². The molecule has 18 heavy (non-hydrogen) atoms. The predicted molar refractivity (Wildman–Crippen MR) is 75.6 cm³/mol. The molecular formula is C16H20N2. The van der Waals surface area contributed by atoms with Gasteiger partial charge in [0.15, 0.2) is 0 Å². The lowest BCUT2D eigenvalue weighted by Crippen LogP contribution is -2.13. The molecule has 0 unspecified atom stereocenters. The molecular weight excluding hydrogens is 220 g/mol. The molecule has 94 valence electrons. The molecule has 2 aromatic rings. The molecule has 1 heterocycles. The number of benzene rings is 1. The normalized spacial score (nSPS) is 10.6. The van der Waals surface area contributed by atoms with Gasteiger partial charge in [0.2, 0.25) is 0 Å². The average Bonchev–Trinajstić information content (AvgIpc) is 2.39. The van der Waals surface area contributed by atoms with Crippen LogP contribution in [0.3, 0.4) is 0 Å². The third-order valence-electron chi connectivity index (χ3n) is 3.02. The molecule has 2 heteroatoms. The van der Waals surface area contributed by atoms with E-state index in [2.05, 4.69) is 48.4 Å². The predicted octanol–water partition coefficient (Wildman–Crippen LogP) is 3.09. The highest BCUT2D eigenvalue weighted by molar-refractivity contribution is 5.34. The molecule has 0 saturated carbocycles. The molecule has 1 N–H and O–H groups in total. The first kappa shape index (κ1) is 12.8. The Hall–Kier alpha value is -1.67. The summed E-state index contributed by atoms with van der Waals surface area (Å²) in [5.74, 6) is 0. The van der Waals surface area contributed by atoms with E-state index in [9.17, 15) is 0 Å². The van der Waals surface area contributed by atoms with Gasteiger partial charge in [-0.2, -0.15) is 0 Å². The van der Waals surface area contributed by atoms with Gasteiger partial charge in [0, 0.05) is 24.9 Å². The van der Waals surface area contributed by atoms with E-state index in [0.717, 1.165) is 25.2 Å². The van der Waals surface area contributed by atoms with Gasteiger partial charge in [-0.05, 0) is 36.7 Å². The van der Waals surface area contributed by atoms with Gasteiger partial charge in [-0.1, -0.05) is 36.8 Å². The van der Waals surface area contributed by atoms with Gasteiger partial charge in [0.1, 0.15) is 0 Å². The number of rotatable bonds is 5. The number of aryl methyl sites for hydroxylation is 1. The number of hydrogen-bond acceptors (Lipinski definition) is 2. The summed E-state index contributed by atoms with van der Waals surface area (Å²) in [6, 6.07) is 12.7. The summed E-state index contributed by atoms with van der Waals surface area (Å²) in [7, 11) is 0. The molecule has 0 aliphatic carbocycles. The minimum Gasteiger partial charge on any atom is -0.313 e. The Bertz CT molecular complexity index is 492. The standard InChI is InChI=1S/C16H20N2/c1-3-17-12-14-8-7-13(2)10-15(14)11-16-6-4-5-9-18-16/h4-10,17H,3,11-12H2,1-2H3. The summed E-state index contributed by atoms with van der Waals surface area (Å²) in [6.45, 7) is 6.20. The van der Waals surface area contributed by atoms with E-state index in [4.69, 9.17) is 0 Å². The van der Waals surface area contributed by atoms with Gasteiger partial charge < -0.3 is 5.32 Å². The van der Waals surface area contributed by atoms with Crippen LogP contribution < -0.4 is 5.32 Å². The summed E-state index contributed by atoms with van der Waals surface area (Å²) < 4.78 is 0. The van der Waals surface area contributed by atoms with Gasteiger partial charge >= 0.3 is 0 Å². The lowest BCUT2D eigenvalue weighted by Gasteiger charge is -2.11. The van der Waals surface area contributed by atoms with E-state index in [1.165, 1.54) is 16.7 Å². The van der Waals surface area contributed by atoms with Crippen LogP contribution in [0.5, 0.6) is 0 Å². The van der Waals surface area contributed by atoms with Crippen molar-refractivity contribution in [2.24, 2.45) is 0 Å². The van der Waals surface area contributed by atoms with E-state index < -0.39 is 0 Å². The first-order valence-corrected chi connectivity index (χ1v) is 6.48. The fourth-order valence-electron chi connectivity index (χ4n) is 2.05. The summed E-state index contributed by atoms with van der Waals surface area (Å²) in [5, 5.41) is 3.39. The summed E-state index contributed by atoms with van der Waals surface area (Å²) >= 11 is 0. The third kappa shape index (κ3) is 3.41. The van der Waals surface area contributed by atoms with Gasteiger partial charge in [-0.15, -0.1) is 0 Å². The van der Waals surface area contributed by atoms with Crippen molar-refractivity contribution in [1.82, 2.24) is 10.3 Å². The molecule has 0 aliphatic heterocycles. The van der Waals surface area contributed by atoms with Crippen molar-refractivity contribution < 1.29 is 0 Å². The van der Waals surface area contributed by atoms with Crippen molar-refractivity contribution >= 4 is 0 Å². The minimum atomic E-state index is 0.906. The molecule has 0 radical (unpaired) electrons. The number of pyridine rings is 1. The van der Waals surface area contributed by atoms with E-state index in [-0.39, 0.29) is 0 Å². The van der Waals surface area contributed by atoms with E-state index in [0.29, 0.717) is 0 Å². The van der Waals surface area contributed by atoms with Crippen LogP contribution in [0.25, 0.3) is 0 Å². The maximum atomic E-state index is 4.40. The number of nitrogens with zero attached hydrogens (tertiary/aromatic N) is 1. The average molecular weight is 240 g/mol. The molecule has 0 bridgehead atoms. The Labute approximate surface area is 109 Å². The van der Waals surface area contributed by atoms with Crippen molar-refractivity contribution in [2.75, 3.05) is 6.54 Å². The van der Waals surface area contributed by atoms with Crippen LogP contribution in [0.1, 0.15) is 29.3 Å². The second kappa shape index (κ2) is 6.31. The Morgan fingerprint density at radius 1 is 1.11 bits per heavy atom. The highest BCUT2D eigenvalue weighted by atomic mass is 14.8. The van der Waals surface area contributed by atoms with Crippen LogP contribution in [-0.4, -0.2) is 11.5 Å². The number of hydrogen-bond donors (Lipinski definition) is 1. The topological polar surface area (TPSA) is 24.9 Å². The highest BCUT2D eigenvalue weighted by Crippen LogP contribution is 2.15. The molecule has 1 aromatic carbocycles. The maximum Gasteiger partial charge on any atom is 0.0447 e. The summed E-state index contributed by atoms with van der Waals surface area (Å²) in [6.07, 6.45) is 2.76. The Morgan fingerprint density at radius 2 is 2.00 bits per heavy atom. The van der Waals surface area contributed by atoms with Crippen LogP contribution in [0.15, 0.2) is 42.6 Å². The van der Waals surface area contributed by atoms with Crippen molar-refractivity contribution in [3.63, 3.8) is 0 Å². The van der Waals surface area contributed by atoms with Crippen molar-refractivity contribution in [1.29, 1.82) is 0 Å². The number of aromatic nitrogens is 1. The SMILES string of the molecule is CCNCc1ccc(C)cc1Cc1ccccn1. The molecule has 0 fully saturated rings. The van der Waals surface area contributed by atoms with E-state index in [1.54, 1.807) is 0 Å². The molecule has 0 amide bonds. The monoisotopic (exact) mass is 240 g/mol. The quantitative estimate of drug-likeness (QED) is 0.868. The first-order chi connectivity index (χ1) is 8.79. The lowest BCUT2D eigenvalue weighted by molar-refractivity contribution is 0.721. The second-order valence-corrected chi connectivity index (χ2v) is 4.55. The first-order valence-electron chi connectivity index (χ1n) is 6.48. The zero-order chi connectivity index (χ0) is 12.8. The zero-order valence-electron chi connectivity index (χ0n) is 11.1. The Kier molecular flexibility index (Phi) is 4.48. The van der Waals surface area contributed by atoms with Crippen LogP contribution in [0.4, 0.5) is 0 Å². The molecule has 1 aromatic heterocycles. The van der Waals surface area contributed by atoms with Crippen LogP contribution in [0.2, 0.25) is 0 Å². The number of nitrogens with one attached hydrogen (secondary N) is 1. The molecule has 2 nitrogen and oxygen atoms in total. The summed E-state index contributed by atoms with van der Waals surface area (Å²) in [4.78, 5) is 4.40. The van der Waals surface area contributed by atoms with E-state index >= 15 is 0 Å². The van der Waals surface area contributed by atoms with Crippen LogP contribution >= 0.6 is 0 Å². The minimum absolute atomic E-state index is 0.906. The van der Waals surface area contributed by atoms with Crippen LogP contribution in [0, 0.1) is 6.92 Å². The van der Waals surface area contributed by atoms with Gasteiger partial charge in [-0.3, -0.25) is 4.98 Å². The Morgan fingerprint density at radius 3 is 2.72 bits per heavy atom.